The van der Waals surface area contributed by atoms with Gasteiger partial charge in [-0.25, -0.2) is 9.97 Å². The number of carbonyl (C=O) groups is 1. The summed E-state index contributed by atoms with van der Waals surface area (Å²) in [5, 5.41) is 7.54. The molecule has 3 aliphatic rings. The Morgan fingerprint density at radius 3 is 2.72 bits per heavy atom. The molecule has 0 aromatic carbocycles. The van der Waals surface area contributed by atoms with E-state index in [-0.39, 0.29) is 11.9 Å². The molecule has 1 saturated heterocycles. The van der Waals surface area contributed by atoms with E-state index in [2.05, 4.69) is 22.4 Å². The smallest absolute Gasteiger partial charge is 0.293 e. The van der Waals surface area contributed by atoms with Gasteiger partial charge in [-0.3, -0.25) is 4.79 Å². The molecule has 2 aromatic rings. The minimum atomic E-state index is -0.135. The lowest BCUT2D eigenvalue weighted by Crippen LogP contribution is -2.39. The Morgan fingerprint density at radius 1 is 1.09 bits per heavy atom. The summed E-state index contributed by atoms with van der Waals surface area (Å²) in [5.41, 5.74) is 3.22. The maximum absolute atomic E-state index is 13.5. The zero-order valence-electron chi connectivity index (χ0n) is 19.3. The number of hydrogen-bond acceptors (Lipinski definition) is 7. The zero-order chi connectivity index (χ0) is 22.1. The van der Waals surface area contributed by atoms with Crippen LogP contribution in [-0.2, 0) is 13.0 Å². The van der Waals surface area contributed by atoms with E-state index in [1.54, 1.807) is 0 Å². The summed E-state index contributed by atoms with van der Waals surface area (Å²) in [6, 6.07) is 1.75. The Hall–Kier alpha value is -2.48. The molecule has 0 unspecified atom stereocenters. The van der Waals surface area contributed by atoms with Crippen molar-refractivity contribution in [3.63, 3.8) is 0 Å². The lowest BCUT2D eigenvalue weighted by Gasteiger charge is -2.35. The number of piperidine rings is 1. The Labute approximate surface area is 189 Å². The molecule has 4 heterocycles. The highest BCUT2D eigenvalue weighted by Gasteiger charge is 2.34. The number of nitrogens with zero attached hydrogens (tertiary/aromatic N) is 5. The van der Waals surface area contributed by atoms with Gasteiger partial charge in [0.15, 0.2) is 5.82 Å². The fourth-order valence-corrected chi connectivity index (χ4v) is 5.50. The van der Waals surface area contributed by atoms with Crippen LogP contribution >= 0.6 is 0 Å². The van der Waals surface area contributed by atoms with E-state index >= 15 is 0 Å². The Balaban J connectivity index is 1.41. The van der Waals surface area contributed by atoms with Gasteiger partial charge in [0.2, 0.25) is 5.76 Å². The molecule has 8 heteroatoms. The second-order valence-electron chi connectivity index (χ2n) is 9.55. The van der Waals surface area contributed by atoms with Crippen LogP contribution < -0.4 is 5.32 Å². The molecule has 0 spiro atoms. The average molecular weight is 439 g/mol. The Morgan fingerprint density at radius 2 is 1.91 bits per heavy atom. The number of hydrogen-bond donors (Lipinski definition) is 1. The molecule has 0 bridgehead atoms. The van der Waals surface area contributed by atoms with Crippen molar-refractivity contribution in [2.45, 2.75) is 76.3 Å². The normalized spacial score (nSPS) is 22.6. The Bertz CT molecular complexity index is 967. The van der Waals surface area contributed by atoms with Crippen LogP contribution in [0.1, 0.15) is 96.7 Å². The van der Waals surface area contributed by atoms with Crippen molar-refractivity contribution in [1.29, 1.82) is 0 Å². The van der Waals surface area contributed by atoms with Gasteiger partial charge in [0.1, 0.15) is 5.82 Å². The lowest BCUT2D eigenvalue weighted by molar-refractivity contribution is 0.0557. The summed E-state index contributed by atoms with van der Waals surface area (Å²) >= 11 is 0. The summed E-state index contributed by atoms with van der Waals surface area (Å²) in [5.74, 6) is 2.32. The van der Waals surface area contributed by atoms with Gasteiger partial charge in [-0.15, -0.1) is 0 Å². The molecular weight excluding hydrogens is 404 g/mol. The van der Waals surface area contributed by atoms with E-state index in [0.717, 1.165) is 74.6 Å². The van der Waals surface area contributed by atoms with Crippen LogP contribution in [0.3, 0.4) is 0 Å². The van der Waals surface area contributed by atoms with Gasteiger partial charge < -0.3 is 19.6 Å². The first-order chi connectivity index (χ1) is 15.6. The van der Waals surface area contributed by atoms with Crippen LogP contribution in [0.15, 0.2) is 10.6 Å². The quantitative estimate of drug-likeness (QED) is 0.774. The van der Waals surface area contributed by atoms with Crippen molar-refractivity contribution < 1.29 is 9.32 Å². The molecule has 1 N–H and O–H groups in total. The molecule has 1 saturated carbocycles. The van der Waals surface area contributed by atoms with Gasteiger partial charge in [0.25, 0.3) is 5.91 Å². The van der Waals surface area contributed by atoms with Crippen molar-refractivity contribution in [3.05, 3.63) is 34.6 Å². The Kier molecular flexibility index (Phi) is 6.13. The second kappa shape index (κ2) is 9.17. The average Bonchev–Trinajstić information content (AvgIpc) is 3.33. The number of rotatable bonds is 4. The van der Waals surface area contributed by atoms with Crippen molar-refractivity contribution in [1.82, 2.24) is 24.9 Å². The van der Waals surface area contributed by atoms with Crippen molar-refractivity contribution >= 4 is 11.7 Å². The summed E-state index contributed by atoms with van der Waals surface area (Å²) in [7, 11) is 4.03. The predicted molar refractivity (Wildman–Crippen MR) is 122 cm³/mol. The fourth-order valence-electron chi connectivity index (χ4n) is 5.50. The van der Waals surface area contributed by atoms with E-state index in [4.69, 9.17) is 14.5 Å². The number of amides is 1. The molecule has 1 amide bonds. The molecule has 1 aliphatic carbocycles. The highest BCUT2D eigenvalue weighted by atomic mass is 16.5. The minimum Gasteiger partial charge on any atom is -0.373 e. The molecule has 1 atom stereocenters. The van der Waals surface area contributed by atoms with E-state index in [9.17, 15) is 4.79 Å². The fraction of sp³-hybridized carbons (Fsp3) is 0.667. The van der Waals surface area contributed by atoms with E-state index < -0.39 is 0 Å². The number of anilines is 1. The monoisotopic (exact) mass is 438 g/mol. The molecule has 2 aromatic heterocycles. The van der Waals surface area contributed by atoms with Gasteiger partial charge in [-0.05, 0) is 45.6 Å². The van der Waals surface area contributed by atoms with Crippen molar-refractivity contribution in [3.8, 4) is 0 Å². The third kappa shape index (κ3) is 4.12. The molecule has 2 fully saturated rings. The van der Waals surface area contributed by atoms with E-state index in [1.165, 1.54) is 24.8 Å². The first-order valence-electron chi connectivity index (χ1n) is 12.2. The molecule has 5 rings (SSSR count). The van der Waals surface area contributed by atoms with E-state index in [1.807, 2.05) is 18.0 Å². The van der Waals surface area contributed by atoms with Crippen LogP contribution in [0.4, 0.5) is 5.82 Å². The number of nitrogens with one attached hydrogen (secondary N) is 1. The molecule has 8 nitrogen and oxygen atoms in total. The zero-order valence-corrected chi connectivity index (χ0v) is 19.3. The number of likely N-dealkylation sites (tertiary alicyclic amines) is 1. The number of fused-ring (bicyclic) bond motifs is 1. The predicted octanol–water partition coefficient (Wildman–Crippen LogP) is 3.91. The first kappa shape index (κ1) is 21.4. The third-order valence-electron chi connectivity index (χ3n) is 7.33. The summed E-state index contributed by atoms with van der Waals surface area (Å²) < 4.78 is 5.57. The van der Waals surface area contributed by atoms with Crippen LogP contribution in [0.5, 0.6) is 0 Å². The third-order valence-corrected chi connectivity index (χ3v) is 7.33. The number of likely N-dealkylation sites (N-methyl/N-ethyl adjacent to an activating group) is 1. The van der Waals surface area contributed by atoms with Crippen LogP contribution in [0, 0.1) is 0 Å². The van der Waals surface area contributed by atoms with Crippen LogP contribution in [0.2, 0.25) is 0 Å². The lowest BCUT2D eigenvalue weighted by atomic mass is 9.87. The SMILES string of the molecule is CNc1nc([C@H]2CCCCN2C(=O)c2cc(C3CCCCC3)no2)nc2c1CCN(C)C2. The molecule has 2 aliphatic heterocycles. The van der Waals surface area contributed by atoms with Crippen molar-refractivity contribution in [2.24, 2.45) is 0 Å². The van der Waals surface area contributed by atoms with Crippen molar-refractivity contribution in [2.75, 3.05) is 32.5 Å². The summed E-state index contributed by atoms with van der Waals surface area (Å²) in [6.45, 7) is 2.51. The standard InChI is InChI=1S/C24H34N6O2/c1-25-22-17-11-13-29(2)15-19(17)26-23(27-22)20-10-6-7-12-30(20)24(31)21-14-18(28-32-21)16-8-4-3-5-9-16/h14,16,20H,3-13,15H2,1-2H3,(H,25,26,27)/t20-/m1/s1. The number of carbonyl (C=O) groups excluding carboxylic acids is 1. The topological polar surface area (TPSA) is 87.4 Å². The molecule has 32 heavy (non-hydrogen) atoms. The maximum atomic E-state index is 13.5. The summed E-state index contributed by atoms with van der Waals surface area (Å²) in [6.07, 6.45) is 9.88. The second-order valence-corrected chi connectivity index (χ2v) is 9.55. The molecule has 0 radical (unpaired) electrons. The first-order valence-corrected chi connectivity index (χ1v) is 12.2. The number of aromatic nitrogens is 3. The highest BCUT2D eigenvalue weighted by Crippen LogP contribution is 2.35. The van der Waals surface area contributed by atoms with Crippen LogP contribution in [-0.4, -0.2) is 58.0 Å². The summed E-state index contributed by atoms with van der Waals surface area (Å²) in [4.78, 5) is 27.5. The van der Waals surface area contributed by atoms with Crippen LogP contribution in [0.25, 0.3) is 0 Å². The maximum Gasteiger partial charge on any atom is 0.293 e. The van der Waals surface area contributed by atoms with Gasteiger partial charge in [0, 0.05) is 44.2 Å². The van der Waals surface area contributed by atoms with Gasteiger partial charge in [-0.2, -0.15) is 0 Å². The highest BCUT2D eigenvalue weighted by molar-refractivity contribution is 5.91. The van der Waals surface area contributed by atoms with Gasteiger partial charge in [0.05, 0.1) is 17.4 Å². The largest absolute Gasteiger partial charge is 0.373 e. The van der Waals surface area contributed by atoms with Gasteiger partial charge in [-0.1, -0.05) is 24.4 Å². The van der Waals surface area contributed by atoms with E-state index in [0.29, 0.717) is 18.2 Å². The molecule has 172 valence electrons. The molecular formula is C24H34N6O2. The minimum absolute atomic E-state index is 0.0892. The van der Waals surface area contributed by atoms with Gasteiger partial charge >= 0.3 is 0 Å².